The molecule has 3 amide bonds. The van der Waals surface area contributed by atoms with E-state index in [4.69, 9.17) is 5.11 Å². The van der Waals surface area contributed by atoms with E-state index in [2.05, 4.69) is 16.2 Å². The van der Waals surface area contributed by atoms with E-state index in [1.807, 2.05) is 0 Å². The molecule has 21 heavy (non-hydrogen) atoms. The zero-order valence-corrected chi connectivity index (χ0v) is 11.8. The smallest absolute Gasteiger partial charge is 0.337 e. The molecule has 1 aromatic carbocycles. The summed E-state index contributed by atoms with van der Waals surface area (Å²) >= 11 is 0.863. The number of carbonyl (C=O) groups is 4. The first kappa shape index (κ1) is 16.5. The summed E-state index contributed by atoms with van der Waals surface area (Å²) in [5.74, 6) is -2.61. The van der Waals surface area contributed by atoms with Gasteiger partial charge in [0, 0.05) is 0 Å². The first-order chi connectivity index (χ1) is 9.93. The molecule has 0 unspecified atom stereocenters. The number of rotatable bonds is 4. The highest BCUT2D eigenvalue weighted by atomic mass is 32.2. The number of nitrogens with one attached hydrogen (secondary N) is 3. The Morgan fingerprint density at radius 1 is 1.10 bits per heavy atom. The predicted octanol–water partition coefficient (Wildman–Crippen LogP) is 0.817. The molecule has 0 spiro atoms. The number of thioether (sulfide) groups is 1. The van der Waals surface area contributed by atoms with Gasteiger partial charge in [0.15, 0.2) is 0 Å². The minimum Gasteiger partial charge on any atom is -0.478 e. The molecular weight excluding hydrogens is 298 g/mol. The van der Waals surface area contributed by atoms with Crippen LogP contribution >= 0.6 is 11.8 Å². The van der Waals surface area contributed by atoms with Gasteiger partial charge in [0.1, 0.15) is 6.42 Å². The second kappa shape index (κ2) is 7.90. The number of carboxylic acid groups (broad SMARTS) is 1. The molecule has 4 N–H and O–H groups in total. The van der Waals surface area contributed by atoms with Crippen LogP contribution in [0.25, 0.3) is 0 Å². The normalized spacial score (nSPS) is 9.57. The fourth-order valence-electron chi connectivity index (χ4n) is 1.33. The van der Waals surface area contributed by atoms with Crippen molar-refractivity contribution in [3.8, 4) is 0 Å². The average molecular weight is 311 g/mol. The Bertz CT molecular complexity index is 576. The number of carboxylic acids is 1. The average Bonchev–Trinajstić information content (AvgIpc) is 2.44. The Labute approximate surface area is 124 Å². The van der Waals surface area contributed by atoms with Crippen molar-refractivity contribution in [1.82, 2.24) is 10.9 Å². The molecule has 0 fully saturated rings. The third kappa shape index (κ3) is 5.53. The van der Waals surface area contributed by atoms with Crippen LogP contribution in [0.4, 0.5) is 10.5 Å². The number of hydrazine groups is 1. The van der Waals surface area contributed by atoms with Crippen LogP contribution in [0.5, 0.6) is 0 Å². The molecule has 0 heterocycles. The summed E-state index contributed by atoms with van der Waals surface area (Å²) < 4.78 is 0. The standard InChI is InChI=1S/C12H13N3O5S/c1-21-12(20)15-14-10(17)6-9(16)13-8-5-3-2-4-7(8)11(18)19/h2-5H,6H2,1H3,(H,13,16)(H,14,17)(H,15,20)(H,18,19). The van der Waals surface area contributed by atoms with Crippen LogP contribution in [0, 0.1) is 0 Å². The van der Waals surface area contributed by atoms with Gasteiger partial charge in [-0.25, -0.2) is 4.79 Å². The van der Waals surface area contributed by atoms with Gasteiger partial charge in [-0.1, -0.05) is 23.9 Å². The monoisotopic (exact) mass is 311 g/mol. The fourth-order valence-corrected chi connectivity index (χ4v) is 1.49. The highest BCUT2D eigenvalue weighted by molar-refractivity contribution is 8.12. The van der Waals surface area contributed by atoms with Gasteiger partial charge < -0.3 is 10.4 Å². The van der Waals surface area contributed by atoms with E-state index in [0.717, 1.165) is 11.8 Å². The van der Waals surface area contributed by atoms with Crippen LogP contribution in [-0.4, -0.2) is 34.4 Å². The summed E-state index contributed by atoms with van der Waals surface area (Å²) in [6.07, 6.45) is 0.972. The molecule has 9 heteroatoms. The summed E-state index contributed by atoms with van der Waals surface area (Å²) in [6, 6.07) is 5.82. The van der Waals surface area contributed by atoms with E-state index in [1.54, 1.807) is 6.07 Å². The molecule has 0 saturated carbocycles. The van der Waals surface area contributed by atoms with Gasteiger partial charge in [0.25, 0.3) is 5.24 Å². The van der Waals surface area contributed by atoms with Crippen molar-refractivity contribution in [3.05, 3.63) is 29.8 Å². The third-order valence-electron chi connectivity index (χ3n) is 2.24. The van der Waals surface area contributed by atoms with Crippen LogP contribution in [0.3, 0.4) is 0 Å². The Morgan fingerprint density at radius 2 is 1.76 bits per heavy atom. The topological polar surface area (TPSA) is 125 Å². The minimum absolute atomic E-state index is 0.0815. The molecular formula is C12H13N3O5S. The number of benzene rings is 1. The second-order valence-electron chi connectivity index (χ2n) is 3.74. The fraction of sp³-hybridized carbons (Fsp3) is 0.167. The van der Waals surface area contributed by atoms with Gasteiger partial charge in [-0.15, -0.1) is 0 Å². The maximum Gasteiger partial charge on any atom is 0.337 e. The van der Waals surface area contributed by atoms with E-state index >= 15 is 0 Å². The molecule has 112 valence electrons. The van der Waals surface area contributed by atoms with Gasteiger partial charge in [-0.2, -0.15) is 0 Å². The summed E-state index contributed by atoms with van der Waals surface area (Å²) in [5.41, 5.74) is 4.14. The number of anilines is 1. The van der Waals surface area contributed by atoms with Crippen LogP contribution < -0.4 is 16.2 Å². The SMILES string of the molecule is CSC(=O)NNC(=O)CC(=O)Nc1ccccc1C(=O)O. The van der Waals surface area contributed by atoms with E-state index < -0.39 is 29.4 Å². The zero-order chi connectivity index (χ0) is 15.8. The Balaban J connectivity index is 2.56. The highest BCUT2D eigenvalue weighted by Gasteiger charge is 2.14. The van der Waals surface area contributed by atoms with Crippen LogP contribution in [0.1, 0.15) is 16.8 Å². The Kier molecular flexibility index (Phi) is 6.21. The van der Waals surface area contributed by atoms with Crippen molar-refractivity contribution in [2.75, 3.05) is 11.6 Å². The molecule has 0 saturated heterocycles. The van der Waals surface area contributed by atoms with E-state index in [0.29, 0.717) is 0 Å². The number of para-hydroxylation sites is 1. The lowest BCUT2D eigenvalue weighted by atomic mass is 10.2. The second-order valence-corrected chi connectivity index (χ2v) is 4.52. The van der Waals surface area contributed by atoms with E-state index in [1.165, 1.54) is 24.5 Å². The Morgan fingerprint density at radius 3 is 2.38 bits per heavy atom. The zero-order valence-electron chi connectivity index (χ0n) is 11.0. The molecule has 0 aliphatic heterocycles. The highest BCUT2D eigenvalue weighted by Crippen LogP contribution is 2.14. The third-order valence-corrected chi connectivity index (χ3v) is 2.71. The maximum atomic E-state index is 11.6. The lowest BCUT2D eigenvalue weighted by Crippen LogP contribution is -2.41. The molecule has 0 aromatic heterocycles. The quantitative estimate of drug-likeness (QED) is 0.482. The van der Waals surface area contributed by atoms with Crippen molar-refractivity contribution >= 4 is 40.5 Å². The molecule has 1 rings (SSSR count). The van der Waals surface area contributed by atoms with Gasteiger partial charge in [0.2, 0.25) is 11.8 Å². The van der Waals surface area contributed by atoms with Crippen LogP contribution in [0.2, 0.25) is 0 Å². The molecule has 0 radical (unpaired) electrons. The van der Waals surface area contributed by atoms with Crippen molar-refractivity contribution in [3.63, 3.8) is 0 Å². The van der Waals surface area contributed by atoms with Crippen LogP contribution in [-0.2, 0) is 9.59 Å². The molecule has 8 nitrogen and oxygen atoms in total. The first-order valence-corrected chi connectivity index (χ1v) is 6.91. The van der Waals surface area contributed by atoms with Gasteiger partial charge >= 0.3 is 5.97 Å². The number of amides is 3. The van der Waals surface area contributed by atoms with E-state index in [9.17, 15) is 19.2 Å². The van der Waals surface area contributed by atoms with Crippen molar-refractivity contribution < 1.29 is 24.3 Å². The minimum atomic E-state index is -1.19. The Hall–Kier alpha value is -2.55. The number of hydrogen-bond acceptors (Lipinski definition) is 5. The van der Waals surface area contributed by atoms with Crippen molar-refractivity contribution in [2.24, 2.45) is 0 Å². The predicted molar refractivity (Wildman–Crippen MR) is 76.8 cm³/mol. The van der Waals surface area contributed by atoms with Crippen LogP contribution in [0.15, 0.2) is 24.3 Å². The van der Waals surface area contributed by atoms with Gasteiger partial charge in [-0.05, 0) is 18.4 Å². The largest absolute Gasteiger partial charge is 0.478 e. The number of carbonyl (C=O) groups excluding carboxylic acids is 3. The molecule has 0 atom stereocenters. The van der Waals surface area contributed by atoms with Gasteiger partial charge in [0.05, 0.1) is 11.3 Å². The molecule has 0 bridgehead atoms. The maximum absolute atomic E-state index is 11.6. The number of aromatic carboxylic acids is 1. The lowest BCUT2D eigenvalue weighted by Gasteiger charge is -2.08. The van der Waals surface area contributed by atoms with Crippen molar-refractivity contribution in [2.45, 2.75) is 6.42 Å². The molecule has 1 aromatic rings. The van der Waals surface area contributed by atoms with E-state index in [-0.39, 0.29) is 11.3 Å². The van der Waals surface area contributed by atoms with Gasteiger partial charge in [-0.3, -0.25) is 25.2 Å². The molecule has 0 aliphatic rings. The van der Waals surface area contributed by atoms with Crippen molar-refractivity contribution in [1.29, 1.82) is 0 Å². The summed E-state index contributed by atoms with van der Waals surface area (Å²) in [5, 5.41) is 10.8. The molecule has 0 aliphatic carbocycles. The lowest BCUT2D eigenvalue weighted by molar-refractivity contribution is -0.127. The first-order valence-electron chi connectivity index (χ1n) is 5.69. The summed E-state index contributed by atoms with van der Waals surface area (Å²) in [4.78, 5) is 44.8. The number of hydrogen-bond donors (Lipinski definition) is 4. The summed E-state index contributed by atoms with van der Waals surface area (Å²) in [6.45, 7) is 0. The summed E-state index contributed by atoms with van der Waals surface area (Å²) in [7, 11) is 0.